The fraction of sp³-hybridized carbons (Fsp3) is 0.500. The zero-order valence-electron chi connectivity index (χ0n) is 9.37. The minimum atomic E-state index is 0.443. The maximum Gasteiger partial charge on any atom is 0.134 e. The smallest absolute Gasteiger partial charge is 0.134 e. The zero-order chi connectivity index (χ0) is 11.0. The predicted molar refractivity (Wildman–Crippen MR) is 67.0 cm³/mol. The fourth-order valence-electron chi connectivity index (χ4n) is 2.69. The molecule has 1 nitrogen and oxygen atoms in total. The lowest BCUT2D eigenvalue weighted by atomic mass is 10.1. The summed E-state index contributed by atoms with van der Waals surface area (Å²) in [6.07, 6.45) is 6.45. The zero-order valence-corrected chi connectivity index (χ0v) is 10.2. The van der Waals surface area contributed by atoms with Gasteiger partial charge in [-0.1, -0.05) is 6.07 Å². The van der Waals surface area contributed by atoms with Gasteiger partial charge < -0.3 is 0 Å². The van der Waals surface area contributed by atoms with Crippen molar-refractivity contribution in [2.75, 3.05) is 0 Å². The van der Waals surface area contributed by atoms with Gasteiger partial charge in [0, 0.05) is 23.0 Å². The van der Waals surface area contributed by atoms with E-state index >= 15 is 0 Å². The predicted octanol–water partition coefficient (Wildman–Crippen LogP) is 3.39. The first-order valence-electron chi connectivity index (χ1n) is 6.11. The minimum Gasteiger partial charge on any atom is -0.300 e. The molecule has 0 aliphatic heterocycles. The van der Waals surface area contributed by atoms with Crippen LogP contribution in [0.2, 0.25) is 0 Å². The highest BCUT2D eigenvalue weighted by molar-refractivity contribution is 8.00. The number of hydrogen-bond acceptors (Lipinski definition) is 2. The van der Waals surface area contributed by atoms with Crippen molar-refractivity contribution in [3.63, 3.8) is 0 Å². The van der Waals surface area contributed by atoms with E-state index in [4.69, 9.17) is 0 Å². The summed E-state index contributed by atoms with van der Waals surface area (Å²) in [5.74, 6) is 0.443. The van der Waals surface area contributed by atoms with Gasteiger partial charge >= 0.3 is 0 Å². The quantitative estimate of drug-likeness (QED) is 0.777. The third-order valence-electron chi connectivity index (χ3n) is 3.57. The molecule has 0 heterocycles. The first kappa shape index (κ1) is 10.4. The van der Waals surface area contributed by atoms with Crippen molar-refractivity contribution in [3.8, 4) is 0 Å². The van der Waals surface area contributed by atoms with Crippen LogP contribution in [-0.4, -0.2) is 11.0 Å². The van der Waals surface area contributed by atoms with Gasteiger partial charge in [0.05, 0.1) is 0 Å². The molecule has 0 aromatic heterocycles. The Hall–Kier alpha value is -0.760. The van der Waals surface area contributed by atoms with Crippen molar-refractivity contribution in [3.05, 3.63) is 29.3 Å². The summed E-state index contributed by atoms with van der Waals surface area (Å²) in [6.45, 7) is 0. The minimum absolute atomic E-state index is 0.443. The molecule has 0 spiro atoms. The van der Waals surface area contributed by atoms with E-state index in [9.17, 15) is 4.79 Å². The highest BCUT2D eigenvalue weighted by Crippen LogP contribution is 2.35. The monoisotopic (exact) mass is 232 g/mol. The first-order valence-corrected chi connectivity index (χ1v) is 6.99. The van der Waals surface area contributed by atoms with Crippen LogP contribution in [0.15, 0.2) is 23.1 Å². The van der Waals surface area contributed by atoms with E-state index in [2.05, 4.69) is 18.2 Å². The van der Waals surface area contributed by atoms with Gasteiger partial charge in [0.1, 0.15) is 5.78 Å². The Balaban J connectivity index is 1.73. The molecular weight excluding hydrogens is 216 g/mol. The van der Waals surface area contributed by atoms with Crippen molar-refractivity contribution < 1.29 is 4.79 Å². The second-order valence-corrected chi connectivity index (χ2v) is 6.18. The van der Waals surface area contributed by atoms with Crippen molar-refractivity contribution in [2.45, 2.75) is 48.7 Å². The van der Waals surface area contributed by atoms with Crippen LogP contribution < -0.4 is 0 Å². The Labute approximate surface area is 101 Å². The number of rotatable bonds is 2. The molecule has 0 amide bonds. The lowest BCUT2D eigenvalue weighted by Crippen LogP contribution is -1.96. The Morgan fingerprint density at radius 1 is 1.12 bits per heavy atom. The molecule has 2 aliphatic carbocycles. The van der Waals surface area contributed by atoms with Crippen LogP contribution in [0.1, 0.15) is 36.8 Å². The number of Topliss-reactive ketones (excluding diaryl/α,β-unsaturated/α-hetero) is 1. The second-order valence-electron chi connectivity index (χ2n) is 4.81. The molecule has 0 radical (unpaired) electrons. The summed E-state index contributed by atoms with van der Waals surface area (Å²) in [7, 11) is 0. The molecule has 0 saturated heterocycles. The molecule has 3 rings (SSSR count). The number of ketones is 1. The third-order valence-corrected chi connectivity index (χ3v) is 4.84. The fourth-order valence-corrected chi connectivity index (χ4v) is 3.94. The van der Waals surface area contributed by atoms with E-state index in [0.717, 1.165) is 19.3 Å². The molecule has 1 saturated carbocycles. The molecule has 16 heavy (non-hydrogen) atoms. The van der Waals surface area contributed by atoms with Crippen molar-refractivity contribution >= 4 is 17.5 Å². The average molecular weight is 232 g/mol. The maximum atomic E-state index is 11.2. The SMILES string of the molecule is O=C1CCC(Sc2ccc3c(c2)CCC3)C1. The summed E-state index contributed by atoms with van der Waals surface area (Å²) < 4.78 is 0. The van der Waals surface area contributed by atoms with Gasteiger partial charge in [0.2, 0.25) is 0 Å². The first-order chi connectivity index (χ1) is 7.81. The second kappa shape index (κ2) is 4.25. The summed E-state index contributed by atoms with van der Waals surface area (Å²) in [4.78, 5) is 12.6. The number of carbonyl (C=O) groups excluding carboxylic acids is 1. The van der Waals surface area contributed by atoms with Gasteiger partial charge in [-0.25, -0.2) is 0 Å². The molecule has 1 unspecified atom stereocenters. The molecule has 84 valence electrons. The molecule has 1 fully saturated rings. The lowest BCUT2D eigenvalue weighted by Gasteiger charge is -2.09. The van der Waals surface area contributed by atoms with E-state index in [1.807, 2.05) is 11.8 Å². The Bertz CT molecular complexity index is 425. The van der Waals surface area contributed by atoms with E-state index in [1.165, 1.54) is 35.3 Å². The van der Waals surface area contributed by atoms with Gasteiger partial charge in [0.15, 0.2) is 0 Å². The van der Waals surface area contributed by atoms with Gasteiger partial charge in [-0.3, -0.25) is 4.79 Å². The van der Waals surface area contributed by atoms with Gasteiger partial charge in [0.25, 0.3) is 0 Å². The average Bonchev–Trinajstić information content (AvgIpc) is 2.87. The number of hydrogen-bond donors (Lipinski definition) is 0. The topological polar surface area (TPSA) is 17.1 Å². The van der Waals surface area contributed by atoms with Crippen LogP contribution in [0.5, 0.6) is 0 Å². The van der Waals surface area contributed by atoms with Crippen LogP contribution >= 0.6 is 11.8 Å². The largest absolute Gasteiger partial charge is 0.300 e. The highest BCUT2D eigenvalue weighted by atomic mass is 32.2. The normalized spacial score (nSPS) is 23.8. The molecular formula is C14H16OS. The van der Waals surface area contributed by atoms with E-state index in [1.54, 1.807) is 0 Å². The molecule has 2 aliphatic rings. The summed E-state index contributed by atoms with van der Waals surface area (Å²) in [5, 5.41) is 0.534. The van der Waals surface area contributed by atoms with Crippen LogP contribution in [-0.2, 0) is 17.6 Å². The Kier molecular flexibility index (Phi) is 2.76. The number of aryl methyl sites for hydroxylation is 2. The molecule has 1 aromatic rings. The lowest BCUT2D eigenvalue weighted by molar-refractivity contribution is -0.117. The standard InChI is InChI=1S/C14H16OS/c15-12-5-7-14(9-12)16-13-6-4-10-2-1-3-11(10)8-13/h4,6,8,14H,1-3,5,7,9H2. The van der Waals surface area contributed by atoms with E-state index in [0.29, 0.717) is 11.0 Å². The highest BCUT2D eigenvalue weighted by Gasteiger charge is 2.23. The van der Waals surface area contributed by atoms with Crippen LogP contribution in [0, 0.1) is 0 Å². The van der Waals surface area contributed by atoms with E-state index in [-0.39, 0.29) is 0 Å². The van der Waals surface area contributed by atoms with Crippen molar-refractivity contribution in [1.29, 1.82) is 0 Å². The molecule has 0 N–H and O–H groups in total. The number of fused-ring (bicyclic) bond motifs is 1. The van der Waals surface area contributed by atoms with Gasteiger partial charge in [-0.15, -0.1) is 11.8 Å². The summed E-state index contributed by atoms with van der Waals surface area (Å²) in [6, 6.07) is 6.86. The van der Waals surface area contributed by atoms with Crippen LogP contribution in [0.4, 0.5) is 0 Å². The maximum absolute atomic E-state index is 11.2. The van der Waals surface area contributed by atoms with Crippen LogP contribution in [0.25, 0.3) is 0 Å². The Morgan fingerprint density at radius 2 is 2.00 bits per heavy atom. The number of benzene rings is 1. The van der Waals surface area contributed by atoms with E-state index < -0.39 is 0 Å². The molecule has 2 heteroatoms. The van der Waals surface area contributed by atoms with Crippen molar-refractivity contribution in [2.24, 2.45) is 0 Å². The van der Waals surface area contributed by atoms with Gasteiger partial charge in [-0.2, -0.15) is 0 Å². The molecule has 0 bridgehead atoms. The third kappa shape index (κ3) is 2.03. The Morgan fingerprint density at radius 3 is 2.81 bits per heavy atom. The summed E-state index contributed by atoms with van der Waals surface area (Å²) >= 11 is 1.90. The van der Waals surface area contributed by atoms with Gasteiger partial charge in [-0.05, 0) is 48.9 Å². The van der Waals surface area contributed by atoms with Crippen LogP contribution in [0.3, 0.4) is 0 Å². The molecule has 1 aromatic carbocycles. The van der Waals surface area contributed by atoms with Crippen molar-refractivity contribution in [1.82, 2.24) is 0 Å². The number of carbonyl (C=O) groups is 1. The summed E-state index contributed by atoms with van der Waals surface area (Å²) in [5.41, 5.74) is 3.07. The number of thioether (sulfide) groups is 1. The molecule has 1 atom stereocenters.